The molecule has 0 amide bonds. The molecule has 1 aromatic carbocycles. The Kier molecular flexibility index (Phi) is 4.14. The molecule has 0 bridgehead atoms. The largest absolute Gasteiger partial charge is 0.453 e. The normalized spacial score (nSPS) is 13.4. The molecule has 1 heterocycles. The Labute approximate surface area is 122 Å². The number of hydrogen-bond donors (Lipinski definition) is 1. The number of halogens is 4. The molecule has 20 heavy (non-hydrogen) atoms. The summed E-state index contributed by atoms with van der Waals surface area (Å²) in [5.74, 6) is 4.14. The summed E-state index contributed by atoms with van der Waals surface area (Å²) in [5, 5.41) is 6.83. The fourth-order valence-corrected chi connectivity index (χ4v) is 2.88. The standard InChI is InChI=1S/C11H10ClF3N4S/c1-6(7-4-2-3-5-8(7)12)20-10-18-17-9(19(10)16)11(13,14)15/h2-6H,16H2,1H3. The highest BCUT2D eigenvalue weighted by molar-refractivity contribution is 7.99. The number of rotatable bonds is 3. The number of alkyl halides is 3. The number of hydrogen-bond acceptors (Lipinski definition) is 4. The molecular formula is C11H10ClF3N4S. The van der Waals surface area contributed by atoms with E-state index in [1.165, 1.54) is 0 Å². The van der Waals surface area contributed by atoms with Crippen LogP contribution in [-0.4, -0.2) is 14.9 Å². The van der Waals surface area contributed by atoms with Crippen molar-refractivity contribution in [1.82, 2.24) is 14.9 Å². The van der Waals surface area contributed by atoms with E-state index in [0.29, 0.717) is 9.70 Å². The average molecular weight is 323 g/mol. The molecule has 2 N–H and O–H groups in total. The van der Waals surface area contributed by atoms with Gasteiger partial charge in [0.15, 0.2) is 0 Å². The van der Waals surface area contributed by atoms with Crippen molar-refractivity contribution < 1.29 is 13.2 Å². The Bertz CT molecular complexity index is 614. The van der Waals surface area contributed by atoms with Crippen molar-refractivity contribution in [3.63, 3.8) is 0 Å². The van der Waals surface area contributed by atoms with Crippen LogP contribution in [0.5, 0.6) is 0 Å². The van der Waals surface area contributed by atoms with Gasteiger partial charge in [-0.3, -0.25) is 0 Å². The maximum atomic E-state index is 12.6. The van der Waals surface area contributed by atoms with Crippen LogP contribution in [0.2, 0.25) is 5.02 Å². The van der Waals surface area contributed by atoms with Gasteiger partial charge in [-0.15, -0.1) is 10.2 Å². The van der Waals surface area contributed by atoms with Gasteiger partial charge in [0.1, 0.15) is 0 Å². The first kappa shape index (κ1) is 15.0. The maximum absolute atomic E-state index is 12.6. The van der Waals surface area contributed by atoms with E-state index in [1.807, 2.05) is 0 Å². The molecule has 2 rings (SSSR count). The van der Waals surface area contributed by atoms with Gasteiger partial charge >= 0.3 is 6.18 Å². The van der Waals surface area contributed by atoms with Gasteiger partial charge in [-0.1, -0.05) is 41.6 Å². The Balaban J connectivity index is 2.23. The third kappa shape index (κ3) is 3.01. The second-order valence-corrected chi connectivity index (χ2v) is 5.67. The first-order valence-corrected chi connectivity index (χ1v) is 6.75. The van der Waals surface area contributed by atoms with Crippen LogP contribution in [-0.2, 0) is 6.18 Å². The monoisotopic (exact) mass is 322 g/mol. The summed E-state index contributed by atoms with van der Waals surface area (Å²) < 4.78 is 38.1. The van der Waals surface area contributed by atoms with Gasteiger partial charge in [0.2, 0.25) is 5.16 Å². The van der Waals surface area contributed by atoms with E-state index in [0.717, 1.165) is 17.3 Å². The Morgan fingerprint density at radius 3 is 2.50 bits per heavy atom. The average Bonchev–Trinajstić information content (AvgIpc) is 2.71. The third-order valence-electron chi connectivity index (χ3n) is 2.54. The molecule has 1 atom stereocenters. The Morgan fingerprint density at radius 1 is 1.30 bits per heavy atom. The molecule has 0 fully saturated rings. The van der Waals surface area contributed by atoms with Crippen molar-refractivity contribution in [1.29, 1.82) is 0 Å². The summed E-state index contributed by atoms with van der Waals surface area (Å²) >= 11 is 7.09. The number of nitrogens with two attached hydrogens (primary N) is 1. The zero-order valence-corrected chi connectivity index (χ0v) is 11.8. The SMILES string of the molecule is CC(Sc1nnc(C(F)(F)F)n1N)c1ccccc1Cl. The van der Waals surface area contributed by atoms with Crippen LogP contribution < -0.4 is 5.84 Å². The van der Waals surface area contributed by atoms with Crippen molar-refractivity contribution in [3.8, 4) is 0 Å². The van der Waals surface area contributed by atoms with E-state index < -0.39 is 12.0 Å². The summed E-state index contributed by atoms with van der Waals surface area (Å²) in [6, 6.07) is 7.08. The number of nitrogen functional groups attached to an aromatic ring is 1. The minimum absolute atomic E-state index is 0.0234. The summed E-state index contributed by atoms with van der Waals surface area (Å²) in [4.78, 5) is 0. The molecule has 0 aliphatic rings. The van der Waals surface area contributed by atoms with Gasteiger partial charge in [0, 0.05) is 10.3 Å². The van der Waals surface area contributed by atoms with Crippen LogP contribution in [0.3, 0.4) is 0 Å². The van der Waals surface area contributed by atoms with Crippen molar-refractivity contribution in [3.05, 3.63) is 40.7 Å². The number of nitrogens with zero attached hydrogens (tertiary/aromatic N) is 3. The lowest BCUT2D eigenvalue weighted by atomic mass is 10.2. The summed E-state index contributed by atoms with van der Waals surface area (Å²) in [5.41, 5.74) is 0.788. The first-order valence-electron chi connectivity index (χ1n) is 5.49. The fraction of sp³-hybridized carbons (Fsp3) is 0.273. The molecule has 0 aliphatic carbocycles. The molecule has 1 aromatic heterocycles. The van der Waals surface area contributed by atoms with Crippen molar-refractivity contribution in [2.24, 2.45) is 0 Å². The summed E-state index contributed by atoms with van der Waals surface area (Å²) in [6.45, 7) is 1.80. The van der Waals surface area contributed by atoms with Gasteiger partial charge < -0.3 is 5.84 Å². The third-order valence-corrected chi connectivity index (χ3v) is 3.98. The lowest BCUT2D eigenvalue weighted by molar-refractivity contribution is -0.146. The molecule has 0 saturated carbocycles. The first-order chi connectivity index (χ1) is 9.30. The summed E-state index contributed by atoms with van der Waals surface area (Å²) in [7, 11) is 0. The Hall–Kier alpha value is -1.41. The molecule has 0 spiro atoms. The molecule has 0 aliphatic heterocycles. The molecule has 0 saturated heterocycles. The van der Waals surface area contributed by atoms with Gasteiger partial charge in [0.25, 0.3) is 5.82 Å². The van der Waals surface area contributed by atoms with Crippen molar-refractivity contribution in [2.45, 2.75) is 23.5 Å². The minimum atomic E-state index is -4.63. The molecular weight excluding hydrogens is 313 g/mol. The zero-order valence-electron chi connectivity index (χ0n) is 10.2. The Morgan fingerprint density at radius 2 is 1.95 bits per heavy atom. The molecule has 9 heteroatoms. The number of benzene rings is 1. The van der Waals surface area contributed by atoms with E-state index in [1.54, 1.807) is 31.2 Å². The zero-order chi connectivity index (χ0) is 14.9. The summed E-state index contributed by atoms with van der Waals surface area (Å²) in [6.07, 6.45) is -4.63. The van der Waals surface area contributed by atoms with E-state index in [4.69, 9.17) is 17.4 Å². The molecule has 1 unspecified atom stereocenters. The molecule has 4 nitrogen and oxygen atoms in total. The van der Waals surface area contributed by atoms with Gasteiger partial charge in [0.05, 0.1) is 0 Å². The van der Waals surface area contributed by atoms with Crippen molar-refractivity contribution >= 4 is 23.4 Å². The van der Waals surface area contributed by atoms with E-state index >= 15 is 0 Å². The second kappa shape index (κ2) is 5.53. The highest BCUT2D eigenvalue weighted by atomic mass is 35.5. The molecule has 2 aromatic rings. The number of thioether (sulfide) groups is 1. The minimum Gasteiger partial charge on any atom is -0.335 e. The lowest BCUT2D eigenvalue weighted by Gasteiger charge is -2.12. The van der Waals surface area contributed by atoms with Gasteiger partial charge in [-0.25, -0.2) is 4.68 Å². The van der Waals surface area contributed by atoms with Crippen LogP contribution in [0, 0.1) is 0 Å². The van der Waals surface area contributed by atoms with E-state index in [9.17, 15) is 13.2 Å². The molecule has 0 radical (unpaired) electrons. The van der Waals surface area contributed by atoms with Crippen LogP contribution >= 0.6 is 23.4 Å². The topological polar surface area (TPSA) is 56.7 Å². The van der Waals surface area contributed by atoms with E-state index in [-0.39, 0.29) is 10.4 Å². The van der Waals surface area contributed by atoms with Gasteiger partial charge in [-0.2, -0.15) is 13.2 Å². The highest BCUT2D eigenvalue weighted by Crippen LogP contribution is 2.38. The van der Waals surface area contributed by atoms with Crippen LogP contribution in [0.15, 0.2) is 29.4 Å². The predicted octanol–water partition coefficient (Wildman–Crippen LogP) is 3.52. The van der Waals surface area contributed by atoms with Crippen molar-refractivity contribution in [2.75, 3.05) is 5.84 Å². The second-order valence-electron chi connectivity index (χ2n) is 3.96. The van der Waals surface area contributed by atoms with Crippen LogP contribution in [0.4, 0.5) is 13.2 Å². The number of aromatic nitrogens is 3. The van der Waals surface area contributed by atoms with Crippen LogP contribution in [0.1, 0.15) is 23.6 Å². The highest BCUT2D eigenvalue weighted by Gasteiger charge is 2.38. The van der Waals surface area contributed by atoms with Gasteiger partial charge in [-0.05, 0) is 18.6 Å². The fourth-order valence-electron chi connectivity index (χ4n) is 1.58. The molecule has 108 valence electrons. The maximum Gasteiger partial charge on any atom is 0.453 e. The van der Waals surface area contributed by atoms with Crippen LogP contribution in [0.25, 0.3) is 0 Å². The predicted molar refractivity (Wildman–Crippen MR) is 70.9 cm³/mol. The quantitative estimate of drug-likeness (QED) is 0.694. The lowest BCUT2D eigenvalue weighted by Crippen LogP contribution is -2.21. The van der Waals surface area contributed by atoms with E-state index in [2.05, 4.69) is 10.2 Å². The smallest absolute Gasteiger partial charge is 0.335 e.